The van der Waals surface area contributed by atoms with Crippen molar-refractivity contribution < 1.29 is 19.4 Å². The number of carboxylic acid groups (broad SMARTS) is 1. The minimum absolute atomic E-state index is 0.227. The molecule has 1 amide bonds. The van der Waals surface area contributed by atoms with Crippen LogP contribution in [0, 0.1) is 0 Å². The number of aliphatic carboxylic acids is 1. The Morgan fingerprint density at radius 1 is 1.17 bits per heavy atom. The number of aromatic nitrogens is 2. The number of carbonyl (C=O) groups excluding carboxylic acids is 1. The highest BCUT2D eigenvalue weighted by atomic mass is 35.5. The highest BCUT2D eigenvalue weighted by Gasteiger charge is 2.18. The molecule has 8 heteroatoms. The zero-order valence-electron chi connectivity index (χ0n) is 15.8. The minimum atomic E-state index is -1.02. The van der Waals surface area contributed by atoms with E-state index < -0.39 is 5.97 Å². The van der Waals surface area contributed by atoms with Crippen LogP contribution in [0.15, 0.2) is 54.7 Å². The molecule has 1 aromatic heterocycles. The molecule has 150 valence electrons. The average Bonchev–Trinajstić information content (AvgIpc) is 3.09. The van der Waals surface area contributed by atoms with Crippen LogP contribution in [0.4, 0.5) is 0 Å². The highest BCUT2D eigenvalue weighted by molar-refractivity contribution is 6.33. The van der Waals surface area contributed by atoms with Gasteiger partial charge in [0.25, 0.3) is 5.91 Å². The van der Waals surface area contributed by atoms with Crippen molar-refractivity contribution in [1.82, 2.24) is 15.1 Å². The van der Waals surface area contributed by atoms with Gasteiger partial charge < -0.3 is 15.2 Å². The number of nitrogens with zero attached hydrogens (tertiary/aromatic N) is 2. The number of nitrogens with one attached hydrogen (secondary N) is 1. The van der Waals surface area contributed by atoms with E-state index in [9.17, 15) is 9.59 Å². The summed E-state index contributed by atoms with van der Waals surface area (Å²) in [5.74, 6) is -0.766. The van der Waals surface area contributed by atoms with Crippen molar-refractivity contribution in [2.24, 2.45) is 7.05 Å². The van der Waals surface area contributed by atoms with Gasteiger partial charge in [0.15, 0.2) is 6.61 Å². The van der Waals surface area contributed by atoms with E-state index in [1.54, 1.807) is 36.1 Å². The van der Waals surface area contributed by atoms with Crippen LogP contribution in [0.3, 0.4) is 0 Å². The molecule has 0 unspecified atom stereocenters. The first-order valence-electron chi connectivity index (χ1n) is 8.94. The molecule has 0 fully saturated rings. The van der Waals surface area contributed by atoms with Crippen LogP contribution in [0.5, 0.6) is 5.75 Å². The van der Waals surface area contributed by atoms with Gasteiger partial charge in [-0.1, -0.05) is 41.9 Å². The smallest absolute Gasteiger partial charge is 0.341 e. The molecule has 0 aliphatic carbocycles. The third-order valence-corrected chi connectivity index (χ3v) is 4.52. The summed E-state index contributed by atoms with van der Waals surface area (Å²) in [6, 6.07) is 14.3. The second-order valence-electron chi connectivity index (χ2n) is 6.38. The van der Waals surface area contributed by atoms with Gasteiger partial charge in [0.2, 0.25) is 0 Å². The maximum absolute atomic E-state index is 12.7. The SMILES string of the molecule is Cn1cc(C(=O)NCCc2ccc(OCC(=O)O)cc2)c(-c2ccccc2Cl)n1. The number of halogens is 1. The number of aryl methyl sites for hydroxylation is 1. The molecule has 29 heavy (non-hydrogen) atoms. The van der Waals surface area contributed by atoms with Crippen LogP contribution in [-0.4, -0.2) is 39.9 Å². The van der Waals surface area contributed by atoms with Crippen LogP contribution in [0.25, 0.3) is 11.3 Å². The Morgan fingerprint density at radius 2 is 1.90 bits per heavy atom. The molecule has 0 atom stereocenters. The lowest BCUT2D eigenvalue weighted by atomic mass is 10.1. The van der Waals surface area contributed by atoms with Gasteiger partial charge in [0, 0.05) is 25.4 Å². The first-order valence-corrected chi connectivity index (χ1v) is 9.32. The lowest BCUT2D eigenvalue weighted by Crippen LogP contribution is -2.25. The van der Waals surface area contributed by atoms with Crippen molar-refractivity contribution in [3.63, 3.8) is 0 Å². The van der Waals surface area contributed by atoms with Crippen LogP contribution in [0.1, 0.15) is 15.9 Å². The van der Waals surface area contributed by atoms with Crippen LogP contribution in [0.2, 0.25) is 5.02 Å². The van der Waals surface area contributed by atoms with E-state index in [-0.39, 0.29) is 12.5 Å². The van der Waals surface area contributed by atoms with Crippen LogP contribution in [-0.2, 0) is 18.3 Å². The number of benzene rings is 2. The Morgan fingerprint density at radius 3 is 2.59 bits per heavy atom. The van der Waals surface area contributed by atoms with Crippen molar-refractivity contribution >= 4 is 23.5 Å². The molecule has 0 spiro atoms. The van der Waals surface area contributed by atoms with Crippen molar-refractivity contribution in [2.45, 2.75) is 6.42 Å². The Kier molecular flexibility index (Phi) is 6.51. The summed E-state index contributed by atoms with van der Waals surface area (Å²) in [6.45, 7) is 0.0549. The number of rotatable bonds is 8. The molecular formula is C21H20ClN3O4. The first kappa shape index (κ1) is 20.4. The molecule has 2 aromatic carbocycles. The fraction of sp³-hybridized carbons (Fsp3) is 0.190. The van der Waals surface area contributed by atoms with Crippen molar-refractivity contribution in [2.75, 3.05) is 13.2 Å². The Balaban J connectivity index is 1.61. The predicted molar refractivity (Wildman–Crippen MR) is 109 cm³/mol. The zero-order valence-corrected chi connectivity index (χ0v) is 16.5. The van der Waals surface area contributed by atoms with E-state index in [0.29, 0.717) is 40.6 Å². The largest absolute Gasteiger partial charge is 0.482 e. The number of hydrogen-bond donors (Lipinski definition) is 2. The lowest BCUT2D eigenvalue weighted by Gasteiger charge is -2.08. The van der Waals surface area contributed by atoms with Gasteiger partial charge in [-0.25, -0.2) is 4.79 Å². The van der Waals surface area contributed by atoms with Gasteiger partial charge in [0.05, 0.1) is 10.6 Å². The van der Waals surface area contributed by atoms with Gasteiger partial charge in [-0.15, -0.1) is 0 Å². The summed E-state index contributed by atoms with van der Waals surface area (Å²) < 4.78 is 6.69. The third-order valence-electron chi connectivity index (χ3n) is 4.19. The molecule has 0 saturated heterocycles. The molecule has 3 rings (SSSR count). The molecule has 2 N–H and O–H groups in total. The molecule has 0 aliphatic rings. The number of amides is 1. The minimum Gasteiger partial charge on any atom is -0.482 e. The van der Waals surface area contributed by atoms with E-state index in [1.807, 2.05) is 30.3 Å². The molecule has 0 saturated carbocycles. The summed E-state index contributed by atoms with van der Waals surface area (Å²) in [6.07, 6.45) is 2.29. The molecule has 0 bridgehead atoms. The summed E-state index contributed by atoms with van der Waals surface area (Å²) in [5.41, 5.74) is 2.69. The quantitative estimate of drug-likeness (QED) is 0.591. The van der Waals surface area contributed by atoms with Gasteiger partial charge >= 0.3 is 5.97 Å². The van der Waals surface area contributed by atoms with E-state index in [1.165, 1.54) is 0 Å². The number of hydrogen-bond acceptors (Lipinski definition) is 4. The predicted octanol–water partition coefficient (Wildman–Crippen LogP) is 3.18. The summed E-state index contributed by atoms with van der Waals surface area (Å²) in [5, 5.41) is 16.4. The second-order valence-corrected chi connectivity index (χ2v) is 6.78. The zero-order chi connectivity index (χ0) is 20.8. The monoisotopic (exact) mass is 413 g/mol. The Labute approximate surface area is 172 Å². The molecule has 0 aliphatic heterocycles. The van der Waals surface area contributed by atoms with Crippen molar-refractivity contribution in [3.05, 3.63) is 70.9 Å². The Hall–Kier alpha value is -3.32. The molecule has 0 radical (unpaired) electrons. The lowest BCUT2D eigenvalue weighted by molar-refractivity contribution is -0.139. The van der Waals surface area contributed by atoms with Gasteiger partial charge in [-0.2, -0.15) is 5.10 Å². The van der Waals surface area contributed by atoms with Crippen LogP contribution < -0.4 is 10.1 Å². The number of carbonyl (C=O) groups is 2. The fourth-order valence-corrected chi connectivity index (χ4v) is 3.05. The van der Waals surface area contributed by atoms with Gasteiger partial charge in [-0.3, -0.25) is 9.48 Å². The second kappa shape index (κ2) is 9.25. The van der Waals surface area contributed by atoms with E-state index in [4.69, 9.17) is 21.4 Å². The maximum Gasteiger partial charge on any atom is 0.341 e. The number of ether oxygens (including phenoxy) is 1. The number of carboxylic acids is 1. The fourth-order valence-electron chi connectivity index (χ4n) is 2.82. The summed E-state index contributed by atoms with van der Waals surface area (Å²) >= 11 is 6.26. The average molecular weight is 414 g/mol. The molecule has 7 nitrogen and oxygen atoms in total. The van der Waals surface area contributed by atoms with Gasteiger partial charge in [0.1, 0.15) is 11.4 Å². The standard InChI is InChI=1S/C21H20ClN3O4/c1-25-12-17(20(24-25)16-4-2-3-5-18(16)22)21(28)23-11-10-14-6-8-15(9-7-14)29-13-19(26)27/h2-9,12H,10-11,13H2,1H3,(H,23,28)(H,26,27). The first-order chi connectivity index (χ1) is 13.9. The van der Waals surface area contributed by atoms with E-state index in [0.717, 1.165) is 5.56 Å². The van der Waals surface area contributed by atoms with Gasteiger partial charge in [-0.05, 0) is 30.2 Å². The van der Waals surface area contributed by atoms with Crippen molar-refractivity contribution in [1.29, 1.82) is 0 Å². The topological polar surface area (TPSA) is 93.5 Å². The van der Waals surface area contributed by atoms with E-state index in [2.05, 4.69) is 10.4 Å². The summed E-state index contributed by atoms with van der Waals surface area (Å²) in [4.78, 5) is 23.2. The summed E-state index contributed by atoms with van der Waals surface area (Å²) in [7, 11) is 1.76. The third kappa shape index (κ3) is 5.36. The Bertz CT molecular complexity index is 1020. The molecule has 1 heterocycles. The normalized spacial score (nSPS) is 10.6. The van der Waals surface area contributed by atoms with E-state index >= 15 is 0 Å². The molecule has 3 aromatic rings. The molecular weight excluding hydrogens is 394 g/mol. The highest BCUT2D eigenvalue weighted by Crippen LogP contribution is 2.28. The maximum atomic E-state index is 12.7. The van der Waals surface area contributed by atoms with Crippen molar-refractivity contribution in [3.8, 4) is 17.0 Å². The van der Waals surface area contributed by atoms with Crippen LogP contribution >= 0.6 is 11.6 Å².